The van der Waals surface area contributed by atoms with Gasteiger partial charge in [-0.25, -0.2) is 0 Å². The highest BCUT2D eigenvalue weighted by atomic mass is 16.2. The topological polar surface area (TPSA) is 39.3 Å². The van der Waals surface area contributed by atoms with Crippen LogP contribution in [0, 0.1) is 0 Å². The van der Waals surface area contributed by atoms with E-state index in [2.05, 4.69) is 65.8 Å². The second-order valence-electron chi connectivity index (χ2n) is 8.91. The molecular formula is C30H25N3O. The normalized spacial score (nSPS) is 14.5. The Labute approximate surface area is 199 Å². The van der Waals surface area contributed by atoms with Crippen molar-refractivity contribution < 1.29 is 4.79 Å². The Bertz CT molecular complexity index is 1510. The number of hydrogen-bond donors (Lipinski definition) is 1. The summed E-state index contributed by atoms with van der Waals surface area (Å²) in [6, 6.07) is 32.5. The second kappa shape index (κ2) is 7.92. The molecule has 1 atom stereocenters. The molecule has 0 saturated carbocycles. The first-order valence-electron chi connectivity index (χ1n) is 11.5. The van der Waals surface area contributed by atoms with Gasteiger partial charge in [0.1, 0.15) is 0 Å². The van der Waals surface area contributed by atoms with Crippen LogP contribution in [0.15, 0.2) is 103 Å². The molecule has 0 bridgehead atoms. The van der Waals surface area contributed by atoms with Gasteiger partial charge >= 0.3 is 0 Å². The minimum absolute atomic E-state index is 0.0115. The quantitative estimate of drug-likeness (QED) is 0.339. The van der Waals surface area contributed by atoms with E-state index in [-0.39, 0.29) is 11.9 Å². The van der Waals surface area contributed by atoms with Gasteiger partial charge in [-0.1, -0.05) is 60.7 Å². The van der Waals surface area contributed by atoms with E-state index in [0.29, 0.717) is 5.56 Å². The van der Waals surface area contributed by atoms with E-state index in [1.165, 1.54) is 5.56 Å². The first-order valence-corrected chi connectivity index (χ1v) is 11.5. The molecule has 5 aromatic rings. The van der Waals surface area contributed by atoms with Crippen LogP contribution in [0.5, 0.6) is 0 Å². The fraction of sp³-hybridized carbons (Fsp3) is 0.100. The predicted octanol–water partition coefficient (Wildman–Crippen LogP) is 6.65. The number of fused-ring (bicyclic) bond motifs is 4. The van der Waals surface area contributed by atoms with Gasteiger partial charge in [0.15, 0.2) is 0 Å². The lowest BCUT2D eigenvalue weighted by Crippen LogP contribution is -2.38. The average molecular weight is 444 g/mol. The van der Waals surface area contributed by atoms with Crippen LogP contribution < -0.4 is 9.80 Å². The monoisotopic (exact) mass is 443 g/mol. The molecule has 2 heterocycles. The maximum Gasteiger partial charge on any atom is 0.259 e. The summed E-state index contributed by atoms with van der Waals surface area (Å²) < 4.78 is 0. The molecule has 1 amide bonds. The van der Waals surface area contributed by atoms with Crippen LogP contribution in [0.4, 0.5) is 11.4 Å². The van der Waals surface area contributed by atoms with E-state index >= 15 is 0 Å². The van der Waals surface area contributed by atoms with Crippen LogP contribution in [0.2, 0.25) is 0 Å². The zero-order chi connectivity index (χ0) is 23.2. The molecule has 4 heteroatoms. The van der Waals surface area contributed by atoms with Crippen molar-refractivity contribution in [1.82, 2.24) is 4.98 Å². The summed E-state index contributed by atoms with van der Waals surface area (Å²) in [7, 11) is 4.00. The molecule has 1 N–H and O–H groups in total. The number of carbonyl (C=O) groups excluding carboxylic acids is 1. The molecule has 6 rings (SSSR count). The summed E-state index contributed by atoms with van der Waals surface area (Å²) in [4.78, 5) is 21.6. The Balaban J connectivity index is 1.59. The number of rotatable bonds is 3. The van der Waals surface area contributed by atoms with Gasteiger partial charge in [-0.2, -0.15) is 0 Å². The Hall–Kier alpha value is -4.31. The number of aromatic nitrogens is 1. The van der Waals surface area contributed by atoms with Crippen molar-refractivity contribution in [2.24, 2.45) is 0 Å². The first-order chi connectivity index (χ1) is 16.6. The Morgan fingerprint density at radius 2 is 1.44 bits per heavy atom. The van der Waals surface area contributed by atoms with Crippen molar-refractivity contribution in [3.8, 4) is 11.1 Å². The molecule has 0 radical (unpaired) electrons. The van der Waals surface area contributed by atoms with Crippen molar-refractivity contribution in [3.05, 3.63) is 120 Å². The molecule has 0 aliphatic carbocycles. The summed E-state index contributed by atoms with van der Waals surface area (Å²) in [6.07, 6.45) is 2.05. The van der Waals surface area contributed by atoms with E-state index < -0.39 is 0 Å². The molecule has 166 valence electrons. The van der Waals surface area contributed by atoms with Gasteiger partial charge in [-0.3, -0.25) is 9.69 Å². The Morgan fingerprint density at radius 1 is 0.765 bits per heavy atom. The van der Waals surface area contributed by atoms with Gasteiger partial charge in [0, 0.05) is 53.6 Å². The molecule has 1 aliphatic rings. The zero-order valence-corrected chi connectivity index (χ0v) is 19.2. The molecule has 1 aliphatic heterocycles. The SMILES string of the molecule is CN(C)c1ccc(C(=O)N2c3ccccc3-c3ccccc3C2c2c[nH]c3ccccc23)cc1. The molecule has 1 unspecified atom stereocenters. The van der Waals surface area contributed by atoms with Crippen molar-refractivity contribution in [2.45, 2.75) is 6.04 Å². The van der Waals surface area contributed by atoms with E-state index in [4.69, 9.17) is 0 Å². The number of anilines is 2. The van der Waals surface area contributed by atoms with Gasteiger partial charge in [-0.05, 0) is 47.5 Å². The smallest absolute Gasteiger partial charge is 0.259 e. The Kier molecular flexibility index (Phi) is 4.73. The van der Waals surface area contributed by atoms with Crippen molar-refractivity contribution in [2.75, 3.05) is 23.9 Å². The van der Waals surface area contributed by atoms with Gasteiger partial charge < -0.3 is 9.88 Å². The fourth-order valence-corrected chi connectivity index (χ4v) is 5.07. The summed E-state index contributed by atoms with van der Waals surface area (Å²) in [6.45, 7) is 0. The van der Waals surface area contributed by atoms with Crippen LogP contribution in [0.3, 0.4) is 0 Å². The zero-order valence-electron chi connectivity index (χ0n) is 19.2. The van der Waals surface area contributed by atoms with Gasteiger partial charge in [0.2, 0.25) is 0 Å². The highest BCUT2D eigenvalue weighted by molar-refractivity contribution is 6.11. The number of benzene rings is 4. The number of para-hydroxylation sites is 2. The fourth-order valence-electron chi connectivity index (χ4n) is 5.07. The lowest BCUT2D eigenvalue weighted by molar-refractivity contribution is 0.0980. The number of nitrogens with one attached hydrogen (secondary N) is 1. The van der Waals surface area contributed by atoms with Crippen LogP contribution in [0.1, 0.15) is 27.5 Å². The lowest BCUT2D eigenvalue weighted by Gasteiger charge is -2.39. The molecule has 1 aromatic heterocycles. The summed E-state index contributed by atoms with van der Waals surface area (Å²) >= 11 is 0. The van der Waals surface area contributed by atoms with E-state index in [1.54, 1.807) is 0 Å². The summed E-state index contributed by atoms with van der Waals surface area (Å²) in [5.41, 5.74) is 8.20. The van der Waals surface area contributed by atoms with Crippen molar-refractivity contribution in [3.63, 3.8) is 0 Å². The predicted molar refractivity (Wildman–Crippen MR) is 140 cm³/mol. The van der Waals surface area contributed by atoms with Crippen molar-refractivity contribution >= 4 is 28.2 Å². The number of carbonyl (C=O) groups is 1. The van der Waals surface area contributed by atoms with Crippen LogP contribution in [-0.2, 0) is 0 Å². The minimum atomic E-state index is -0.247. The third-order valence-corrected chi connectivity index (χ3v) is 6.73. The highest BCUT2D eigenvalue weighted by Crippen LogP contribution is 2.48. The number of amides is 1. The van der Waals surface area contributed by atoms with E-state index in [1.807, 2.05) is 66.4 Å². The highest BCUT2D eigenvalue weighted by Gasteiger charge is 2.37. The third-order valence-electron chi connectivity index (χ3n) is 6.73. The number of aromatic amines is 1. The van der Waals surface area contributed by atoms with Gasteiger partial charge in [0.05, 0.1) is 11.7 Å². The Morgan fingerprint density at radius 3 is 2.24 bits per heavy atom. The summed E-state index contributed by atoms with van der Waals surface area (Å²) in [5.74, 6) is -0.0115. The molecular weight excluding hydrogens is 418 g/mol. The van der Waals surface area contributed by atoms with Crippen LogP contribution in [-0.4, -0.2) is 25.0 Å². The summed E-state index contributed by atoms with van der Waals surface area (Å²) in [5, 5.41) is 1.13. The minimum Gasteiger partial charge on any atom is -0.378 e. The third kappa shape index (κ3) is 3.11. The molecule has 0 fully saturated rings. The largest absolute Gasteiger partial charge is 0.378 e. The van der Waals surface area contributed by atoms with Gasteiger partial charge in [0.25, 0.3) is 5.91 Å². The molecule has 0 saturated heterocycles. The molecule has 4 nitrogen and oxygen atoms in total. The average Bonchev–Trinajstić information content (AvgIpc) is 3.31. The molecule has 34 heavy (non-hydrogen) atoms. The molecule has 0 spiro atoms. The van der Waals surface area contributed by atoms with E-state index in [0.717, 1.165) is 39.0 Å². The maximum absolute atomic E-state index is 14.2. The number of H-pyrrole nitrogens is 1. The second-order valence-corrected chi connectivity index (χ2v) is 8.91. The number of hydrogen-bond acceptors (Lipinski definition) is 2. The maximum atomic E-state index is 14.2. The standard InChI is InChI=1S/C30H25N3O/c1-32(2)21-17-15-20(16-18-21)30(34)33-28-14-8-6-11-24(28)22-9-3-4-12-25(22)29(33)26-19-31-27-13-7-5-10-23(26)27/h3-19,29,31H,1-2H3. The molecule has 4 aromatic carbocycles. The number of nitrogens with zero attached hydrogens (tertiary/aromatic N) is 2. The van der Waals surface area contributed by atoms with Gasteiger partial charge in [-0.15, -0.1) is 0 Å². The lowest BCUT2D eigenvalue weighted by atomic mass is 9.84. The van der Waals surface area contributed by atoms with Crippen molar-refractivity contribution in [1.29, 1.82) is 0 Å². The van der Waals surface area contributed by atoms with E-state index in [9.17, 15) is 4.79 Å². The first kappa shape index (κ1) is 20.3. The van der Waals surface area contributed by atoms with Crippen LogP contribution in [0.25, 0.3) is 22.0 Å². The van der Waals surface area contributed by atoms with Crippen LogP contribution >= 0.6 is 0 Å².